The van der Waals surface area contributed by atoms with Gasteiger partial charge in [0.05, 0.1) is 40.4 Å². The first-order valence-electron chi connectivity index (χ1n) is 12.6. The maximum atomic E-state index is 11.6. The molecule has 1 saturated heterocycles. The maximum absolute atomic E-state index is 11.6. The molecule has 3 aromatic rings. The third-order valence-corrected chi connectivity index (χ3v) is 7.00. The number of rotatable bonds is 11. The van der Waals surface area contributed by atoms with Gasteiger partial charge < -0.3 is 28.8 Å². The molecule has 1 heterocycles. The molecule has 1 aliphatic heterocycles. The maximum Gasteiger partial charge on any atom is 0.306 e. The van der Waals surface area contributed by atoms with Crippen molar-refractivity contribution in [2.75, 3.05) is 41.5 Å². The summed E-state index contributed by atoms with van der Waals surface area (Å²) < 4.78 is 29.0. The summed E-state index contributed by atoms with van der Waals surface area (Å²) in [6, 6.07) is 19.3. The van der Waals surface area contributed by atoms with Gasteiger partial charge in [0.15, 0.2) is 11.5 Å². The van der Waals surface area contributed by atoms with Crippen LogP contribution in [0.25, 0.3) is 0 Å². The third-order valence-electron chi connectivity index (χ3n) is 7.00. The number of ether oxygens (including phenoxy) is 5. The van der Waals surface area contributed by atoms with Crippen molar-refractivity contribution in [3.63, 3.8) is 0 Å². The van der Waals surface area contributed by atoms with Crippen LogP contribution < -0.4 is 23.7 Å². The van der Waals surface area contributed by atoms with Crippen LogP contribution in [0.5, 0.6) is 28.7 Å². The van der Waals surface area contributed by atoms with Gasteiger partial charge in [0, 0.05) is 5.56 Å². The molecular weight excluding hydrogens is 486 g/mol. The van der Waals surface area contributed by atoms with Gasteiger partial charge >= 0.3 is 5.97 Å². The van der Waals surface area contributed by atoms with Gasteiger partial charge in [-0.15, -0.1) is 0 Å². The van der Waals surface area contributed by atoms with E-state index in [0.29, 0.717) is 61.3 Å². The fourth-order valence-corrected chi connectivity index (χ4v) is 4.97. The number of aliphatic carboxylic acids is 1. The number of nitrogens with zero attached hydrogens (tertiary/aromatic N) is 1. The van der Waals surface area contributed by atoms with E-state index in [0.717, 1.165) is 16.7 Å². The van der Waals surface area contributed by atoms with Gasteiger partial charge in [-0.1, -0.05) is 30.3 Å². The van der Waals surface area contributed by atoms with Crippen LogP contribution in [0.1, 0.15) is 35.6 Å². The van der Waals surface area contributed by atoms with E-state index < -0.39 is 5.97 Å². The Morgan fingerprint density at radius 3 is 2.05 bits per heavy atom. The lowest BCUT2D eigenvalue weighted by atomic mass is 9.90. The fraction of sp³-hybridized carbons (Fsp3) is 0.367. The average Bonchev–Trinajstić information content (AvgIpc) is 2.96. The zero-order valence-corrected chi connectivity index (χ0v) is 22.3. The van der Waals surface area contributed by atoms with Crippen LogP contribution in [0.4, 0.5) is 0 Å². The van der Waals surface area contributed by atoms with Crippen molar-refractivity contribution < 1.29 is 33.6 Å². The predicted octanol–water partition coefficient (Wildman–Crippen LogP) is 5.19. The third kappa shape index (κ3) is 5.97. The second-order valence-electron chi connectivity index (χ2n) is 9.19. The molecule has 0 bridgehead atoms. The summed E-state index contributed by atoms with van der Waals surface area (Å²) in [6.07, 6.45) is 1.12. The van der Waals surface area contributed by atoms with Gasteiger partial charge in [-0.2, -0.15) is 0 Å². The minimum absolute atomic E-state index is 0.263. The zero-order valence-electron chi connectivity index (χ0n) is 22.3. The summed E-state index contributed by atoms with van der Waals surface area (Å²) >= 11 is 0. The number of carboxylic acid groups (broad SMARTS) is 1. The zero-order chi connectivity index (χ0) is 27.1. The second kappa shape index (κ2) is 12.6. The Labute approximate surface area is 223 Å². The Kier molecular flexibility index (Phi) is 8.97. The highest BCUT2D eigenvalue weighted by atomic mass is 16.5. The Bertz CT molecular complexity index is 1200. The molecule has 0 saturated carbocycles. The van der Waals surface area contributed by atoms with E-state index in [9.17, 15) is 9.90 Å². The summed E-state index contributed by atoms with van der Waals surface area (Å²) in [7, 11) is 6.48. The fourth-order valence-electron chi connectivity index (χ4n) is 4.97. The molecule has 0 spiro atoms. The van der Waals surface area contributed by atoms with Crippen molar-refractivity contribution in [1.29, 1.82) is 0 Å². The van der Waals surface area contributed by atoms with Crippen LogP contribution in [-0.4, -0.2) is 57.5 Å². The van der Waals surface area contributed by atoms with E-state index in [1.54, 1.807) is 28.4 Å². The first-order chi connectivity index (χ1) is 18.5. The first-order valence-corrected chi connectivity index (χ1v) is 12.6. The number of hydrogen-bond acceptors (Lipinski definition) is 7. The van der Waals surface area contributed by atoms with Crippen molar-refractivity contribution in [3.05, 3.63) is 77.4 Å². The molecule has 1 aliphatic rings. The quantitative estimate of drug-likeness (QED) is 0.369. The minimum Gasteiger partial charge on any atom is -0.497 e. The number of likely N-dealkylation sites (tertiary alicyclic amines) is 1. The molecule has 1 fully saturated rings. The van der Waals surface area contributed by atoms with E-state index in [4.69, 9.17) is 23.7 Å². The number of hydrogen-bond donors (Lipinski definition) is 1. The van der Waals surface area contributed by atoms with Gasteiger partial charge in [0.2, 0.25) is 5.75 Å². The molecule has 1 atom stereocenters. The van der Waals surface area contributed by atoms with Gasteiger partial charge in [-0.05, 0) is 67.4 Å². The number of methoxy groups -OCH3 is 4. The van der Waals surface area contributed by atoms with Crippen LogP contribution in [-0.2, 0) is 11.4 Å². The molecule has 202 valence electrons. The van der Waals surface area contributed by atoms with Gasteiger partial charge in [-0.3, -0.25) is 9.69 Å². The molecule has 0 aromatic heterocycles. The number of carboxylic acids is 1. The first kappa shape index (κ1) is 27.1. The van der Waals surface area contributed by atoms with Crippen molar-refractivity contribution in [3.8, 4) is 28.7 Å². The van der Waals surface area contributed by atoms with Gasteiger partial charge in [-0.25, -0.2) is 0 Å². The molecule has 3 aromatic carbocycles. The average molecular weight is 522 g/mol. The number of carbonyl (C=O) groups is 1. The van der Waals surface area contributed by atoms with Crippen molar-refractivity contribution in [1.82, 2.24) is 4.90 Å². The molecule has 38 heavy (non-hydrogen) atoms. The largest absolute Gasteiger partial charge is 0.497 e. The molecular formula is C30H35NO7. The molecule has 8 heteroatoms. The Morgan fingerprint density at radius 1 is 0.868 bits per heavy atom. The van der Waals surface area contributed by atoms with E-state index in [-0.39, 0.29) is 12.0 Å². The van der Waals surface area contributed by atoms with Crippen LogP contribution >= 0.6 is 0 Å². The standard InChI is InChI=1S/C30H35NO7/c1-34-23-10-11-25(35-2)24(18-23)28(31-14-12-21(13-15-31)30(32)33)22-16-26(36-3)29(27(17-22)37-4)38-19-20-8-6-5-7-9-20/h5-11,16-18,21,28H,12-15,19H2,1-4H3,(H,32,33). The smallest absolute Gasteiger partial charge is 0.306 e. The lowest BCUT2D eigenvalue weighted by Gasteiger charge is -2.38. The summed E-state index contributed by atoms with van der Waals surface area (Å²) in [5.41, 5.74) is 2.84. The summed E-state index contributed by atoms with van der Waals surface area (Å²) in [6.45, 7) is 1.58. The van der Waals surface area contributed by atoms with E-state index >= 15 is 0 Å². The predicted molar refractivity (Wildman–Crippen MR) is 144 cm³/mol. The Balaban J connectivity index is 1.77. The summed E-state index contributed by atoms with van der Waals surface area (Å²) in [5.74, 6) is 1.92. The molecule has 8 nitrogen and oxygen atoms in total. The second-order valence-corrected chi connectivity index (χ2v) is 9.19. The van der Waals surface area contributed by atoms with E-state index in [2.05, 4.69) is 4.90 Å². The van der Waals surface area contributed by atoms with Crippen molar-refractivity contribution in [2.24, 2.45) is 5.92 Å². The topological polar surface area (TPSA) is 86.7 Å². The van der Waals surface area contributed by atoms with Gasteiger partial charge in [0.1, 0.15) is 18.1 Å². The van der Waals surface area contributed by atoms with Gasteiger partial charge in [0.25, 0.3) is 0 Å². The minimum atomic E-state index is -0.747. The highest BCUT2D eigenvalue weighted by molar-refractivity contribution is 5.70. The molecule has 1 unspecified atom stereocenters. The van der Waals surface area contributed by atoms with E-state index in [1.807, 2.05) is 60.7 Å². The SMILES string of the molecule is COc1ccc(OC)c(C(c2cc(OC)c(OCc3ccccc3)c(OC)c2)N2CCC(C(=O)O)CC2)c1. The summed E-state index contributed by atoms with van der Waals surface area (Å²) in [4.78, 5) is 13.9. The monoisotopic (exact) mass is 521 g/mol. The molecule has 0 amide bonds. The van der Waals surface area contributed by atoms with Crippen LogP contribution in [0.3, 0.4) is 0 Å². The lowest BCUT2D eigenvalue weighted by molar-refractivity contribution is -0.143. The molecule has 4 rings (SSSR count). The van der Waals surface area contributed by atoms with Crippen molar-refractivity contribution in [2.45, 2.75) is 25.5 Å². The molecule has 0 aliphatic carbocycles. The number of piperidine rings is 1. The van der Waals surface area contributed by atoms with Crippen LogP contribution in [0.2, 0.25) is 0 Å². The lowest BCUT2D eigenvalue weighted by Crippen LogP contribution is -2.39. The molecule has 0 radical (unpaired) electrons. The molecule has 1 N–H and O–H groups in total. The highest BCUT2D eigenvalue weighted by Gasteiger charge is 2.33. The highest BCUT2D eigenvalue weighted by Crippen LogP contribution is 2.45. The van der Waals surface area contributed by atoms with Crippen LogP contribution in [0, 0.1) is 5.92 Å². The van der Waals surface area contributed by atoms with E-state index in [1.165, 1.54) is 0 Å². The van der Waals surface area contributed by atoms with Crippen molar-refractivity contribution >= 4 is 5.97 Å². The number of benzene rings is 3. The Hall–Kier alpha value is -3.91. The Morgan fingerprint density at radius 2 is 1.50 bits per heavy atom. The summed E-state index contributed by atoms with van der Waals surface area (Å²) in [5, 5.41) is 9.55. The normalized spacial score (nSPS) is 14.9. The van der Waals surface area contributed by atoms with Crippen LogP contribution in [0.15, 0.2) is 60.7 Å².